The molecule has 0 saturated carbocycles. The first-order valence-corrected chi connectivity index (χ1v) is 14.0. The Morgan fingerprint density at radius 3 is 2.00 bits per heavy atom. The molecule has 2 nitrogen and oxygen atoms in total. The Balaban J connectivity index is 1.50. The van der Waals surface area contributed by atoms with E-state index in [2.05, 4.69) is 71.3 Å². The first-order valence-electron chi connectivity index (χ1n) is 16.5. The van der Waals surface area contributed by atoms with Gasteiger partial charge in [0.25, 0.3) is 0 Å². The number of imidazole rings is 1. The molecule has 0 atom stereocenters. The molecular formula is C40H28N2. The van der Waals surface area contributed by atoms with E-state index in [0.717, 1.165) is 66.3 Å². The van der Waals surface area contributed by atoms with Crippen LogP contribution in [0.4, 0.5) is 0 Å². The summed E-state index contributed by atoms with van der Waals surface area (Å²) in [5.74, 6) is 0.891. The summed E-state index contributed by atoms with van der Waals surface area (Å²) < 4.78 is 45.4. The van der Waals surface area contributed by atoms with Crippen molar-refractivity contribution in [2.24, 2.45) is 0 Å². The molecule has 1 heterocycles. The van der Waals surface area contributed by atoms with Gasteiger partial charge in [-0.05, 0) is 92.2 Å². The molecule has 1 aromatic heterocycles. The van der Waals surface area contributed by atoms with Gasteiger partial charge in [0.2, 0.25) is 0 Å². The zero-order chi connectivity index (χ0) is 32.4. The minimum Gasteiger partial charge on any atom is -0.297 e. The van der Waals surface area contributed by atoms with E-state index >= 15 is 0 Å². The van der Waals surface area contributed by atoms with Crippen molar-refractivity contribution in [1.29, 1.82) is 0 Å². The maximum absolute atomic E-state index is 8.97. The third-order valence-electron chi connectivity index (χ3n) is 8.00. The average Bonchev–Trinajstić information content (AvgIpc) is 3.45. The number of rotatable bonds is 4. The number of fused-ring (bicyclic) bond motifs is 3. The summed E-state index contributed by atoms with van der Waals surface area (Å²) in [4.78, 5) is 4.80. The van der Waals surface area contributed by atoms with E-state index in [1.165, 1.54) is 0 Å². The Morgan fingerprint density at radius 2 is 1.19 bits per heavy atom. The number of hydrogen-bond acceptors (Lipinski definition) is 1. The van der Waals surface area contributed by atoms with Gasteiger partial charge >= 0.3 is 0 Å². The van der Waals surface area contributed by atoms with Crippen LogP contribution >= 0.6 is 0 Å². The van der Waals surface area contributed by atoms with Gasteiger partial charge in [-0.3, -0.25) is 4.57 Å². The number of benzene rings is 7. The normalized spacial score (nSPS) is 13.1. The van der Waals surface area contributed by atoms with Gasteiger partial charge < -0.3 is 0 Å². The lowest BCUT2D eigenvalue weighted by Gasteiger charge is -2.19. The quantitative estimate of drug-likeness (QED) is 0.203. The fourth-order valence-corrected chi connectivity index (χ4v) is 6.22. The molecule has 0 unspecified atom stereocenters. The predicted molar refractivity (Wildman–Crippen MR) is 177 cm³/mol. The van der Waals surface area contributed by atoms with Crippen LogP contribution in [0.2, 0.25) is 0 Å². The third kappa shape index (κ3) is 3.92. The summed E-state index contributed by atoms with van der Waals surface area (Å²) in [6.07, 6.45) is 0. The molecule has 0 radical (unpaired) electrons. The van der Waals surface area contributed by atoms with Crippen molar-refractivity contribution in [2.45, 2.75) is 6.92 Å². The molecule has 0 spiro atoms. The van der Waals surface area contributed by atoms with E-state index in [0.29, 0.717) is 5.56 Å². The molecule has 0 N–H and O–H groups in total. The molecule has 8 aromatic rings. The van der Waals surface area contributed by atoms with Crippen LogP contribution in [0.3, 0.4) is 0 Å². The van der Waals surface area contributed by atoms with Crippen molar-refractivity contribution in [3.05, 3.63) is 157 Å². The second-order valence-corrected chi connectivity index (χ2v) is 10.5. The zero-order valence-electron chi connectivity index (χ0n) is 27.9. The molecular weight excluding hydrogens is 508 g/mol. The summed E-state index contributed by atoms with van der Waals surface area (Å²) in [6.45, 7) is 2.01. The molecule has 198 valence electrons. The first kappa shape index (κ1) is 19.6. The standard InChI is InChI=1S/C40H28N2/c1-27-41-37-21-10-11-22-38(37)42(27)32-18-12-17-31(25-32)40-34-20-9-8-19-33(34)39(29-15-6-3-7-16-29)36-26-30(23-24-35(36)40)28-13-4-2-5-14-28/h2-26H,1H3/i3D,6D,7D,15D,16D. The topological polar surface area (TPSA) is 17.8 Å². The van der Waals surface area contributed by atoms with Gasteiger partial charge in [-0.1, -0.05) is 121 Å². The Bertz CT molecular complexity index is 2510. The summed E-state index contributed by atoms with van der Waals surface area (Å²) in [6, 6.07) is 39.3. The van der Waals surface area contributed by atoms with Crippen molar-refractivity contribution in [1.82, 2.24) is 9.55 Å². The van der Waals surface area contributed by atoms with E-state index in [1.54, 1.807) is 0 Å². The highest BCUT2D eigenvalue weighted by Crippen LogP contribution is 2.45. The van der Waals surface area contributed by atoms with Crippen molar-refractivity contribution in [3.8, 4) is 39.1 Å². The summed E-state index contributed by atoms with van der Waals surface area (Å²) in [5.41, 5.74) is 7.79. The predicted octanol–water partition coefficient (Wildman–Crippen LogP) is 10.6. The second kappa shape index (κ2) is 9.87. The fourth-order valence-electron chi connectivity index (χ4n) is 6.22. The van der Waals surface area contributed by atoms with Gasteiger partial charge in [0.05, 0.1) is 17.9 Å². The third-order valence-corrected chi connectivity index (χ3v) is 8.00. The van der Waals surface area contributed by atoms with Crippen molar-refractivity contribution >= 4 is 32.6 Å². The van der Waals surface area contributed by atoms with Crippen LogP contribution in [0, 0.1) is 6.92 Å². The van der Waals surface area contributed by atoms with Crippen LogP contribution in [0.25, 0.3) is 71.6 Å². The lowest BCUT2D eigenvalue weighted by Crippen LogP contribution is -1.97. The van der Waals surface area contributed by atoms with Crippen LogP contribution in [0.5, 0.6) is 0 Å². The van der Waals surface area contributed by atoms with Gasteiger partial charge in [-0.25, -0.2) is 4.98 Å². The van der Waals surface area contributed by atoms with Gasteiger partial charge in [-0.15, -0.1) is 0 Å². The Hall–Kier alpha value is -5.47. The maximum atomic E-state index is 8.97. The van der Waals surface area contributed by atoms with Crippen LogP contribution in [-0.2, 0) is 0 Å². The Labute approximate surface area is 252 Å². The Morgan fingerprint density at radius 1 is 0.524 bits per heavy atom. The minimum atomic E-state index is -0.405. The lowest BCUT2D eigenvalue weighted by atomic mass is 9.85. The molecule has 0 fully saturated rings. The molecule has 0 aliphatic carbocycles. The Kier molecular flexibility index (Phi) is 4.60. The highest BCUT2D eigenvalue weighted by Gasteiger charge is 2.18. The molecule has 0 amide bonds. The number of hydrogen-bond donors (Lipinski definition) is 0. The van der Waals surface area contributed by atoms with Crippen LogP contribution in [0.1, 0.15) is 12.7 Å². The first-order chi connectivity index (χ1) is 22.8. The number of para-hydroxylation sites is 2. The van der Waals surface area contributed by atoms with E-state index in [4.69, 9.17) is 11.8 Å². The van der Waals surface area contributed by atoms with Gasteiger partial charge in [-0.2, -0.15) is 0 Å². The van der Waals surface area contributed by atoms with Gasteiger partial charge in [0.1, 0.15) is 5.82 Å². The van der Waals surface area contributed by atoms with E-state index in [-0.39, 0.29) is 29.7 Å². The van der Waals surface area contributed by atoms with Crippen molar-refractivity contribution in [3.63, 3.8) is 0 Å². The second-order valence-electron chi connectivity index (χ2n) is 10.5. The monoisotopic (exact) mass is 541 g/mol. The number of aryl methyl sites for hydroxylation is 1. The molecule has 0 aliphatic rings. The SMILES string of the molecule is [2H]c1c([2H])c([2H])c(-c2c3ccccc3c(-c3cccc(-n4c(C)nc5ccccc54)c3)c3ccc(-c4ccccc4)cc23)c([2H])c1[2H]. The van der Waals surface area contributed by atoms with Crippen molar-refractivity contribution in [2.75, 3.05) is 0 Å². The van der Waals surface area contributed by atoms with E-state index in [9.17, 15) is 0 Å². The summed E-state index contributed by atoms with van der Waals surface area (Å²) >= 11 is 0. The van der Waals surface area contributed by atoms with Crippen LogP contribution < -0.4 is 0 Å². The number of nitrogens with zero attached hydrogens (tertiary/aromatic N) is 2. The van der Waals surface area contributed by atoms with E-state index in [1.807, 2.05) is 61.5 Å². The molecule has 7 aromatic carbocycles. The van der Waals surface area contributed by atoms with Crippen molar-refractivity contribution < 1.29 is 6.85 Å². The van der Waals surface area contributed by atoms with Gasteiger partial charge in [0, 0.05) is 5.69 Å². The highest BCUT2D eigenvalue weighted by molar-refractivity contribution is 6.22. The molecule has 2 heteroatoms. The smallest absolute Gasteiger partial charge is 0.111 e. The zero-order valence-corrected chi connectivity index (χ0v) is 22.9. The van der Waals surface area contributed by atoms with Gasteiger partial charge in [0.15, 0.2) is 0 Å². The molecule has 42 heavy (non-hydrogen) atoms. The summed E-state index contributed by atoms with van der Waals surface area (Å²) in [7, 11) is 0. The minimum absolute atomic E-state index is 0.197. The average molecular weight is 542 g/mol. The molecule has 8 rings (SSSR count). The number of aromatic nitrogens is 2. The lowest BCUT2D eigenvalue weighted by molar-refractivity contribution is 1.00. The van der Waals surface area contributed by atoms with E-state index < -0.39 is 6.04 Å². The van der Waals surface area contributed by atoms with Crippen LogP contribution in [0.15, 0.2) is 152 Å². The highest BCUT2D eigenvalue weighted by atomic mass is 15.1. The molecule has 0 aliphatic heterocycles. The largest absolute Gasteiger partial charge is 0.297 e. The maximum Gasteiger partial charge on any atom is 0.111 e. The van der Waals surface area contributed by atoms with Crippen LogP contribution in [-0.4, -0.2) is 9.55 Å². The summed E-state index contributed by atoms with van der Waals surface area (Å²) in [5, 5.41) is 3.48. The molecule has 0 saturated heterocycles. The fraction of sp³-hybridized carbons (Fsp3) is 0.0250. The molecule has 0 bridgehead atoms.